The number of nitrogens with one attached hydrogen (secondary N) is 3. The normalized spacial score (nSPS) is 10.6. The van der Waals surface area contributed by atoms with Gasteiger partial charge in [-0.2, -0.15) is 0 Å². The molecule has 0 saturated carbocycles. The smallest absolute Gasteiger partial charge is 0.321 e. The molecule has 1 heterocycles. The van der Waals surface area contributed by atoms with Crippen molar-refractivity contribution in [3.8, 4) is 0 Å². The molecule has 0 aliphatic rings. The molecule has 0 atom stereocenters. The summed E-state index contributed by atoms with van der Waals surface area (Å²) in [6.45, 7) is 0. The van der Waals surface area contributed by atoms with Gasteiger partial charge in [0.15, 0.2) is 0 Å². The number of carbonyl (C=O) groups excluding carboxylic acids is 3. The van der Waals surface area contributed by atoms with E-state index in [4.69, 9.17) is 23.2 Å². The first-order valence-electron chi connectivity index (χ1n) is 9.56. The fourth-order valence-electron chi connectivity index (χ4n) is 3.11. The van der Waals surface area contributed by atoms with Crippen LogP contribution >= 0.6 is 39.1 Å². The number of benzene rings is 3. The zero-order chi connectivity index (χ0) is 23.5. The van der Waals surface area contributed by atoms with Crippen LogP contribution < -0.4 is 16.1 Å². The van der Waals surface area contributed by atoms with E-state index in [-0.39, 0.29) is 5.69 Å². The average molecular weight is 546 g/mol. The minimum atomic E-state index is -0.972. The van der Waals surface area contributed by atoms with Gasteiger partial charge in [-0.1, -0.05) is 45.2 Å². The summed E-state index contributed by atoms with van der Waals surface area (Å²) in [5.41, 5.74) is 4.00. The summed E-state index contributed by atoms with van der Waals surface area (Å²) >= 11 is 15.3. The number of halogens is 3. The highest BCUT2D eigenvalue weighted by Crippen LogP contribution is 2.24. The number of amides is 3. The van der Waals surface area contributed by atoms with Gasteiger partial charge < -0.3 is 10.6 Å². The van der Waals surface area contributed by atoms with Crippen molar-refractivity contribution in [3.63, 3.8) is 0 Å². The quantitative estimate of drug-likeness (QED) is 0.288. The Hall–Kier alpha value is -3.33. The van der Waals surface area contributed by atoms with Crippen LogP contribution in [0.3, 0.4) is 0 Å². The van der Waals surface area contributed by atoms with Crippen LogP contribution in [0, 0.1) is 0 Å². The lowest BCUT2D eigenvalue weighted by molar-refractivity contribution is -0.133. The molecule has 4 rings (SSSR count). The summed E-state index contributed by atoms with van der Waals surface area (Å²) in [5, 5.41) is 6.72. The summed E-state index contributed by atoms with van der Waals surface area (Å²) in [7, 11) is 0. The SMILES string of the molecule is O=C(Nc1cccc(Cl)c1)C(=O)Nn1c(C(=O)Nc2ccc(Br)cc2)cc2cc(Cl)ccc21. The topological polar surface area (TPSA) is 92.2 Å². The van der Waals surface area contributed by atoms with Gasteiger partial charge in [-0.25, -0.2) is 4.68 Å². The Balaban J connectivity index is 1.62. The van der Waals surface area contributed by atoms with Crippen molar-refractivity contribution in [1.29, 1.82) is 0 Å². The zero-order valence-electron chi connectivity index (χ0n) is 16.7. The van der Waals surface area contributed by atoms with Crippen molar-refractivity contribution in [2.24, 2.45) is 0 Å². The van der Waals surface area contributed by atoms with Gasteiger partial charge in [-0.05, 0) is 66.7 Å². The molecule has 166 valence electrons. The summed E-state index contributed by atoms with van der Waals surface area (Å²) in [6.07, 6.45) is 0. The van der Waals surface area contributed by atoms with Gasteiger partial charge in [0.1, 0.15) is 5.69 Å². The Morgan fingerprint density at radius 2 is 1.48 bits per heavy atom. The van der Waals surface area contributed by atoms with Gasteiger partial charge in [0, 0.05) is 31.3 Å². The number of nitrogens with zero attached hydrogens (tertiary/aromatic N) is 1. The molecule has 0 saturated heterocycles. The van der Waals surface area contributed by atoms with E-state index in [0.29, 0.717) is 32.3 Å². The zero-order valence-corrected chi connectivity index (χ0v) is 19.8. The molecule has 1 aromatic heterocycles. The van der Waals surface area contributed by atoms with Crippen molar-refractivity contribution < 1.29 is 14.4 Å². The third kappa shape index (κ3) is 5.36. The molecule has 4 aromatic rings. The van der Waals surface area contributed by atoms with Crippen LogP contribution in [-0.2, 0) is 9.59 Å². The number of carbonyl (C=O) groups is 3. The van der Waals surface area contributed by atoms with Crippen molar-refractivity contribution in [3.05, 3.63) is 93.0 Å². The molecule has 0 aliphatic heterocycles. The molecule has 33 heavy (non-hydrogen) atoms. The number of anilines is 2. The van der Waals surface area contributed by atoms with Crippen molar-refractivity contribution >= 4 is 79.1 Å². The minimum absolute atomic E-state index is 0.110. The Labute approximate surface area is 206 Å². The number of rotatable bonds is 4. The molecule has 10 heteroatoms. The third-order valence-electron chi connectivity index (χ3n) is 4.60. The van der Waals surface area contributed by atoms with E-state index < -0.39 is 17.7 Å². The highest BCUT2D eigenvalue weighted by molar-refractivity contribution is 9.10. The Kier molecular flexibility index (Phi) is 6.69. The molecule has 0 bridgehead atoms. The minimum Gasteiger partial charge on any atom is -0.321 e. The maximum absolute atomic E-state index is 13.0. The van der Waals surface area contributed by atoms with E-state index in [1.54, 1.807) is 66.7 Å². The van der Waals surface area contributed by atoms with Crippen LogP contribution in [0.1, 0.15) is 10.5 Å². The van der Waals surface area contributed by atoms with Gasteiger partial charge in [0.05, 0.1) is 5.52 Å². The average Bonchev–Trinajstić information content (AvgIpc) is 3.12. The maximum atomic E-state index is 13.0. The monoisotopic (exact) mass is 544 g/mol. The molecule has 7 nitrogen and oxygen atoms in total. The lowest BCUT2D eigenvalue weighted by Crippen LogP contribution is -2.36. The summed E-state index contributed by atoms with van der Waals surface area (Å²) < 4.78 is 2.11. The maximum Gasteiger partial charge on any atom is 0.328 e. The highest BCUT2D eigenvalue weighted by Gasteiger charge is 2.21. The van der Waals surface area contributed by atoms with E-state index in [9.17, 15) is 14.4 Å². The van der Waals surface area contributed by atoms with E-state index in [0.717, 1.165) is 4.47 Å². The van der Waals surface area contributed by atoms with Crippen LogP contribution in [0.2, 0.25) is 10.0 Å². The molecule has 0 aliphatic carbocycles. The van der Waals surface area contributed by atoms with Crippen LogP contribution in [0.15, 0.2) is 77.3 Å². The standard InChI is InChI=1S/C23H15BrCl2N4O3/c24-14-4-7-17(8-5-14)27-21(31)20-11-13-10-16(26)6-9-19(13)30(20)29-23(33)22(32)28-18-3-1-2-15(25)12-18/h1-12H,(H,27,31)(H,28,32)(H,29,33). The van der Waals surface area contributed by atoms with Gasteiger partial charge >= 0.3 is 11.8 Å². The third-order valence-corrected chi connectivity index (χ3v) is 5.60. The Bertz CT molecular complexity index is 1390. The molecule has 0 spiro atoms. The van der Waals surface area contributed by atoms with E-state index in [2.05, 4.69) is 32.0 Å². The predicted molar refractivity (Wildman–Crippen MR) is 133 cm³/mol. The first kappa shape index (κ1) is 22.8. The first-order valence-corrected chi connectivity index (χ1v) is 11.1. The molecule has 3 aromatic carbocycles. The second-order valence-electron chi connectivity index (χ2n) is 6.93. The van der Waals surface area contributed by atoms with Gasteiger partial charge in [0.2, 0.25) is 0 Å². The van der Waals surface area contributed by atoms with Crippen LogP contribution in [0.5, 0.6) is 0 Å². The molecule has 0 unspecified atom stereocenters. The number of hydrogen-bond acceptors (Lipinski definition) is 3. The lowest BCUT2D eigenvalue weighted by atomic mass is 10.2. The molecular weight excluding hydrogens is 531 g/mol. The molecule has 0 radical (unpaired) electrons. The number of aromatic nitrogens is 1. The second-order valence-corrected chi connectivity index (χ2v) is 8.72. The van der Waals surface area contributed by atoms with Crippen molar-refractivity contribution in [2.75, 3.05) is 16.1 Å². The number of hydrogen-bond donors (Lipinski definition) is 3. The second kappa shape index (κ2) is 9.66. The van der Waals surface area contributed by atoms with Gasteiger partial charge in [-0.3, -0.25) is 19.8 Å². The number of fused-ring (bicyclic) bond motifs is 1. The van der Waals surface area contributed by atoms with Gasteiger partial charge in [-0.15, -0.1) is 0 Å². The van der Waals surface area contributed by atoms with E-state index in [1.807, 2.05) is 0 Å². The molecule has 0 fully saturated rings. The summed E-state index contributed by atoms with van der Waals surface area (Å²) in [6, 6.07) is 19.9. The molecule has 3 amide bonds. The summed E-state index contributed by atoms with van der Waals surface area (Å²) in [4.78, 5) is 38.1. The predicted octanol–water partition coefficient (Wildman–Crippen LogP) is 5.67. The molecular formula is C23H15BrCl2N4O3. The lowest BCUT2D eigenvalue weighted by Gasteiger charge is -2.13. The largest absolute Gasteiger partial charge is 0.328 e. The summed E-state index contributed by atoms with van der Waals surface area (Å²) in [5.74, 6) is -2.38. The van der Waals surface area contributed by atoms with Crippen LogP contribution in [0.4, 0.5) is 11.4 Å². The first-order chi connectivity index (χ1) is 15.8. The molecule has 3 N–H and O–H groups in total. The van der Waals surface area contributed by atoms with Crippen LogP contribution in [-0.4, -0.2) is 22.4 Å². The van der Waals surface area contributed by atoms with Crippen LogP contribution in [0.25, 0.3) is 10.9 Å². The van der Waals surface area contributed by atoms with Crippen molar-refractivity contribution in [2.45, 2.75) is 0 Å². The fourth-order valence-corrected chi connectivity index (χ4v) is 3.74. The highest BCUT2D eigenvalue weighted by atomic mass is 79.9. The van der Waals surface area contributed by atoms with Crippen molar-refractivity contribution in [1.82, 2.24) is 4.68 Å². The van der Waals surface area contributed by atoms with Gasteiger partial charge in [0.25, 0.3) is 5.91 Å². The Morgan fingerprint density at radius 1 is 0.758 bits per heavy atom. The van der Waals surface area contributed by atoms with E-state index >= 15 is 0 Å². The van der Waals surface area contributed by atoms with E-state index in [1.165, 1.54) is 10.7 Å². The fraction of sp³-hybridized carbons (Fsp3) is 0. The Morgan fingerprint density at radius 3 is 2.21 bits per heavy atom.